The van der Waals surface area contributed by atoms with E-state index in [1.807, 2.05) is 7.05 Å². The minimum Gasteiger partial charge on any atom is -0.358 e. The molecule has 0 aromatic rings. The fraction of sp³-hybridized carbons (Fsp3) is 0.545. The molecule has 1 rings (SSSR count). The predicted octanol–water partition coefficient (Wildman–Crippen LogP) is 0.939. The van der Waals surface area contributed by atoms with Crippen molar-refractivity contribution in [3.8, 4) is 0 Å². The Morgan fingerprint density at radius 2 is 2.00 bits per heavy atom. The van der Waals surface area contributed by atoms with Gasteiger partial charge in [-0.3, -0.25) is 9.69 Å². The van der Waals surface area contributed by atoms with E-state index in [1.54, 1.807) is 7.05 Å². The Morgan fingerprint density at radius 1 is 1.43 bits per heavy atom. The van der Waals surface area contributed by atoms with E-state index >= 15 is 0 Å². The van der Waals surface area contributed by atoms with Gasteiger partial charge in [-0.2, -0.15) is 0 Å². The molecule has 0 bridgehead atoms. The van der Waals surface area contributed by atoms with E-state index in [0.717, 1.165) is 12.8 Å². The molecule has 0 spiro atoms. The number of carbonyl (C=O) groups is 1. The van der Waals surface area contributed by atoms with Crippen molar-refractivity contribution < 1.29 is 4.79 Å². The Morgan fingerprint density at radius 3 is 2.50 bits per heavy atom. The van der Waals surface area contributed by atoms with Gasteiger partial charge in [0.1, 0.15) is 0 Å². The highest BCUT2D eigenvalue weighted by atomic mass is 16.1. The number of amides is 1. The molecule has 0 atom stereocenters. The summed E-state index contributed by atoms with van der Waals surface area (Å²) in [4.78, 5) is 13.3. The summed E-state index contributed by atoms with van der Waals surface area (Å²) >= 11 is 0. The van der Waals surface area contributed by atoms with E-state index in [-0.39, 0.29) is 5.91 Å². The normalized spacial score (nSPS) is 17.1. The van der Waals surface area contributed by atoms with Crippen LogP contribution in [-0.2, 0) is 4.79 Å². The van der Waals surface area contributed by atoms with E-state index in [9.17, 15) is 4.79 Å². The van der Waals surface area contributed by atoms with Crippen LogP contribution in [0, 0.1) is 0 Å². The molecule has 0 heterocycles. The van der Waals surface area contributed by atoms with Crippen molar-refractivity contribution in [2.75, 3.05) is 20.6 Å². The van der Waals surface area contributed by atoms with Crippen molar-refractivity contribution in [3.05, 3.63) is 24.3 Å². The maximum atomic E-state index is 11.2. The molecule has 1 N–H and O–H groups in total. The van der Waals surface area contributed by atoms with Gasteiger partial charge in [0, 0.05) is 13.1 Å². The molecular weight excluding hydrogens is 176 g/mol. The van der Waals surface area contributed by atoms with Crippen LogP contribution in [0.2, 0.25) is 0 Å². The van der Waals surface area contributed by atoms with E-state index in [2.05, 4.69) is 34.5 Å². The Hall–Kier alpha value is -1.09. The lowest BCUT2D eigenvalue weighted by molar-refractivity contribution is -0.121. The summed E-state index contributed by atoms with van der Waals surface area (Å²) in [5.74, 6) is 0.0738. The molecule has 0 aliphatic heterocycles. The van der Waals surface area contributed by atoms with Gasteiger partial charge in [-0.1, -0.05) is 24.3 Å². The molecule has 1 aliphatic rings. The van der Waals surface area contributed by atoms with Crippen molar-refractivity contribution in [3.63, 3.8) is 0 Å². The largest absolute Gasteiger partial charge is 0.358 e. The molecule has 3 heteroatoms. The lowest BCUT2D eigenvalue weighted by atomic mass is 10.1. The Bertz CT molecular complexity index is 232. The number of nitrogens with one attached hydrogen (secondary N) is 1. The van der Waals surface area contributed by atoms with E-state index in [4.69, 9.17) is 0 Å². The molecule has 78 valence electrons. The van der Waals surface area contributed by atoms with Gasteiger partial charge in [-0.15, -0.1) is 0 Å². The topological polar surface area (TPSA) is 32.3 Å². The van der Waals surface area contributed by atoms with E-state index in [1.165, 1.54) is 0 Å². The lowest BCUT2D eigenvalue weighted by Crippen LogP contribution is -2.39. The Kier molecular flexibility index (Phi) is 4.40. The quantitative estimate of drug-likeness (QED) is 0.725. The maximum Gasteiger partial charge on any atom is 0.233 e. The summed E-state index contributed by atoms with van der Waals surface area (Å²) in [7, 11) is 3.66. The van der Waals surface area contributed by atoms with Gasteiger partial charge in [-0.05, 0) is 19.9 Å². The van der Waals surface area contributed by atoms with Gasteiger partial charge in [-0.25, -0.2) is 0 Å². The standard InChI is InChI=1S/C11H18N2O/c1-12-11(14)9-13(2)10-7-5-3-4-6-8-10/h3-6,10H,7-9H2,1-2H3,(H,12,14). The van der Waals surface area contributed by atoms with Crippen LogP contribution in [0.3, 0.4) is 0 Å². The SMILES string of the molecule is CNC(=O)CN(C)C1CC=CC=CC1. The van der Waals surface area contributed by atoms with Gasteiger partial charge in [0.25, 0.3) is 0 Å². The first-order valence-electron chi connectivity index (χ1n) is 4.96. The zero-order valence-corrected chi connectivity index (χ0v) is 8.86. The third-order valence-electron chi connectivity index (χ3n) is 2.49. The highest BCUT2D eigenvalue weighted by molar-refractivity contribution is 5.77. The second kappa shape index (κ2) is 5.60. The molecule has 0 radical (unpaired) electrons. The smallest absolute Gasteiger partial charge is 0.233 e. The monoisotopic (exact) mass is 194 g/mol. The zero-order chi connectivity index (χ0) is 10.4. The van der Waals surface area contributed by atoms with Crippen LogP contribution in [0.4, 0.5) is 0 Å². The average molecular weight is 194 g/mol. The molecule has 1 aliphatic carbocycles. The fourth-order valence-corrected chi connectivity index (χ4v) is 1.52. The number of nitrogens with zero attached hydrogens (tertiary/aromatic N) is 1. The van der Waals surface area contributed by atoms with E-state index < -0.39 is 0 Å². The van der Waals surface area contributed by atoms with Crippen molar-refractivity contribution in [1.29, 1.82) is 0 Å². The number of hydrogen-bond donors (Lipinski definition) is 1. The molecule has 0 aromatic heterocycles. The summed E-state index contributed by atoms with van der Waals surface area (Å²) < 4.78 is 0. The number of likely N-dealkylation sites (N-methyl/N-ethyl adjacent to an activating group) is 2. The van der Waals surface area contributed by atoms with Crippen LogP contribution >= 0.6 is 0 Å². The zero-order valence-electron chi connectivity index (χ0n) is 8.86. The fourth-order valence-electron chi connectivity index (χ4n) is 1.52. The second-order valence-corrected chi connectivity index (χ2v) is 3.57. The van der Waals surface area contributed by atoms with Gasteiger partial charge in [0.05, 0.1) is 6.54 Å². The second-order valence-electron chi connectivity index (χ2n) is 3.57. The van der Waals surface area contributed by atoms with Crippen LogP contribution in [0.25, 0.3) is 0 Å². The Balaban J connectivity index is 2.43. The van der Waals surface area contributed by atoms with Crippen molar-refractivity contribution in [2.24, 2.45) is 0 Å². The summed E-state index contributed by atoms with van der Waals surface area (Å²) in [6.45, 7) is 0.475. The summed E-state index contributed by atoms with van der Waals surface area (Å²) in [5, 5.41) is 2.63. The molecular formula is C11H18N2O. The summed E-state index contributed by atoms with van der Waals surface area (Å²) in [6, 6.07) is 0.447. The molecule has 3 nitrogen and oxygen atoms in total. The summed E-state index contributed by atoms with van der Waals surface area (Å²) in [6.07, 6.45) is 10.4. The van der Waals surface area contributed by atoms with Gasteiger partial charge in [0.15, 0.2) is 0 Å². The minimum atomic E-state index is 0.0738. The molecule has 0 saturated heterocycles. The summed E-state index contributed by atoms with van der Waals surface area (Å²) in [5.41, 5.74) is 0. The number of carbonyl (C=O) groups excluding carboxylic acids is 1. The third-order valence-corrected chi connectivity index (χ3v) is 2.49. The van der Waals surface area contributed by atoms with Gasteiger partial charge >= 0.3 is 0 Å². The van der Waals surface area contributed by atoms with Crippen LogP contribution in [0.15, 0.2) is 24.3 Å². The maximum absolute atomic E-state index is 11.2. The molecule has 14 heavy (non-hydrogen) atoms. The first-order valence-corrected chi connectivity index (χ1v) is 4.96. The van der Waals surface area contributed by atoms with Crippen LogP contribution in [0.1, 0.15) is 12.8 Å². The highest BCUT2D eigenvalue weighted by Crippen LogP contribution is 2.11. The van der Waals surface area contributed by atoms with Crippen molar-refractivity contribution in [2.45, 2.75) is 18.9 Å². The van der Waals surface area contributed by atoms with Crippen LogP contribution in [-0.4, -0.2) is 37.5 Å². The predicted molar refractivity (Wildman–Crippen MR) is 58.0 cm³/mol. The van der Waals surface area contributed by atoms with Gasteiger partial charge in [0.2, 0.25) is 5.91 Å². The number of rotatable bonds is 3. The minimum absolute atomic E-state index is 0.0738. The number of hydrogen-bond acceptors (Lipinski definition) is 2. The average Bonchev–Trinajstić information content (AvgIpc) is 2.45. The van der Waals surface area contributed by atoms with Gasteiger partial charge < -0.3 is 5.32 Å². The molecule has 0 unspecified atom stereocenters. The lowest BCUT2D eigenvalue weighted by Gasteiger charge is -2.24. The molecule has 1 amide bonds. The van der Waals surface area contributed by atoms with Crippen molar-refractivity contribution >= 4 is 5.91 Å². The van der Waals surface area contributed by atoms with Crippen LogP contribution in [0.5, 0.6) is 0 Å². The first kappa shape index (κ1) is 11.0. The Labute approximate surface area is 85.5 Å². The van der Waals surface area contributed by atoms with E-state index in [0.29, 0.717) is 12.6 Å². The van der Waals surface area contributed by atoms with Crippen molar-refractivity contribution in [1.82, 2.24) is 10.2 Å². The number of allylic oxidation sites excluding steroid dienone is 2. The highest BCUT2D eigenvalue weighted by Gasteiger charge is 2.14. The molecule has 0 aromatic carbocycles. The molecule has 0 fully saturated rings. The van der Waals surface area contributed by atoms with Crippen LogP contribution < -0.4 is 5.32 Å². The molecule has 0 saturated carbocycles. The third kappa shape index (κ3) is 3.34. The first-order chi connectivity index (χ1) is 6.74.